The maximum atomic E-state index is 4.37. The van der Waals surface area contributed by atoms with Gasteiger partial charge in [0.15, 0.2) is 0 Å². The third-order valence-corrected chi connectivity index (χ3v) is 5.23. The SMILES string of the molecule is CC(C)CNCCc1nnc(-c2csc3ccccc23)s1. The van der Waals surface area contributed by atoms with E-state index < -0.39 is 0 Å². The molecule has 0 aliphatic carbocycles. The topological polar surface area (TPSA) is 37.8 Å². The third kappa shape index (κ3) is 3.48. The second kappa shape index (κ2) is 6.64. The summed E-state index contributed by atoms with van der Waals surface area (Å²) in [6, 6.07) is 8.47. The van der Waals surface area contributed by atoms with Gasteiger partial charge in [0.25, 0.3) is 0 Å². The summed E-state index contributed by atoms with van der Waals surface area (Å²) in [4.78, 5) is 0. The molecule has 0 spiro atoms. The molecule has 1 N–H and O–H groups in total. The van der Waals surface area contributed by atoms with Crippen LogP contribution in [0.5, 0.6) is 0 Å². The fourth-order valence-electron chi connectivity index (χ4n) is 2.19. The number of nitrogens with zero attached hydrogens (tertiary/aromatic N) is 2. The van der Waals surface area contributed by atoms with Crippen LogP contribution in [0.15, 0.2) is 29.6 Å². The quantitative estimate of drug-likeness (QED) is 0.692. The minimum Gasteiger partial charge on any atom is -0.316 e. The van der Waals surface area contributed by atoms with Crippen LogP contribution in [-0.4, -0.2) is 23.3 Å². The lowest BCUT2D eigenvalue weighted by Gasteiger charge is -2.05. The molecule has 0 unspecified atom stereocenters. The number of benzene rings is 1. The Labute approximate surface area is 133 Å². The molecule has 2 heterocycles. The van der Waals surface area contributed by atoms with Crippen LogP contribution in [0.3, 0.4) is 0 Å². The van der Waals surface area contributed by atoms with Gasteiger partial charge in [0, 0.05) is 34.0 Å². The van der Waals surface area contributed by atoms with Gasteiger partial charge in [0.2, 0.25) is 0 Å². The van der Waals surface area contributed by atoms with Crippen molar-refractivity contribution < 1.29 is 0 Å². The molecule has 0 radical (unpaired) electrons. The Kier molecular flexibility index (Phi) is 4.63. The summed E-state index contributed by atoms with van der Waals surface area (Å²) in [6.45, 7) is 6.47. The van der Waals surface area contributed by atoms with E-state index in [-0.39, 0.29) is 0 Å². The minimum atomic E-state index is 0.687. The molecule has 1 aromatic carbocycles. The van der Waals surface area contributed by atoms with Gasteiger partial charge in [-0.25, -0.2) is 0 Å². The first-order valence-electron chi connectivity index (χ1n) is 7.23. The first-order chi connectivity index (χ1) is 10.2. The zero-order valence-corrected chi connectivity index (χ0v) is 13.9. The molecule has 0 aliphatic heterocycles. The molecule has 3 nitrogen and oxygen atoms in total. The molecule has 0 amide bonds. The predicted octanol–water partition coefficient (Wildman–Crippen LogP) is 4.21. The normalized spacial score (nSPS) is 11.6. The van der Waals surface area contributed by atoms with Gasteiger partial charge in [-0.05, 0) is 18.5 Å². The maximum Gasteiger partial charge on any atom is 0.149 e. The van der Waals surface area contributed by atoms with E-state index in [0.717, 1.165) is 29.5 Å². The molecular formula is C16H19N3S2. The second-order valence-corrected chi connectivity index (χ2v) is 7.47. The number of hydrogen-bond acceptors (Lipinski definition) is 5. The van der Waals surface area contributed by atoms with Crippen molar-refractivity contribution in [1.82, 2.24) is 15.5 Å². The molecule has 21 heavy (non-hydrogen) atoms. The fourth-order valence-corrected chi connectivity index (χ4v) is 4.08. The van der Waals surface area contributed by atoms with Crippen LogP contribution in [0.2, 0.25) is 0 Å². The molecule has 110 valence electrons. The average Bonchev–Trinajstić information content (AvgIpc) is 3.09. The highest BCUT2D eigenvalue weighted by molar-refractivity contribution is 7.19. The van der Waals surface area contributed by atoms with Crippen molar-refractivity contribution in [3.05, 3.63) is 34.7 Å². The molecule has 3 rings (SSSR count). The van der Waals surface area contributed by atoms with Gasteiger partial charge in [-0.3, -0.25) is 0 Å². The number of nitrogens with one attached hydrogen (secondary N) is 1. The first-order valence-corrected chi connectivity index (χ1v) is 8.93. The van der Waals surface area contributed by atoms with Gasteiger partial charge < -0.3 is 5.32 Å². The zero-order chi connectivity index (χ0) is 14.7. The van der Waals surface area contributed by atoms with E-state index in [2.05, 4.69) is 59.0 Å². The molecule has 0 bridgehead atoms. The van der Waals surface area contributed by atoms with Crippen molar-refractivity contribution >= 4 is 32.8 Å². The van der Waals surface area contributed by atoms with Gasteiger partial charge >= 0.3 is 0 Å². The Morgan fingerprint density at radius 3 is 2.90 bits per heavy atom. The van der Waals surface area contributed by atoms with Gasteiger partial charge in [-0.15, -0.1) is 21.5 Å². The zero-order valence-electron chi connectivity index (χ0n) is 12.3. The highest BCUT2D eigenvalue weighted by Crippen LogP contribution is 2.35. The van der Waals surface area contributed by atoms with Crippen molar-refractivity contribution in [3.63, 3.8) is 0 Å². The monoisotopic (exact) mass is 317 g/mol. The third-order valence-electron chi connectivity index (χ3n) is 3.25. The van der Waals surface area contributed by atoms with E-state index in [1.165, 1.54) is 15.6 Å². The highest BCUT2D eigenvalue weighted by atomic mass is 32.1. The smallest absolute Gasteiger partial charge is 0.149 e. The summed E-state index contributed by atoms with van der Waals surface area (Å²) < 4.78 is 1.31. The van der Waals surface area contributed by atoms with Crippen LogP contribution in [0.4, 0.5) is 0 Å². The second-order valence-electron chi connectivity index (χ2n) is 5.49. The highest BCUT2D eigenvalue weighted by Gasteiger charge is 2.11. The van der Waals surface area contributed by atoms with E-state index in [0.29, 0.717) is 5.92 Å². The number of hydrogen-bond donors (Lipinski definition) is 1. The largest absolute Gasteiger partial charge is 0.316 e. The van der Waals surface area contributed by atoms with Crippen LogP contribution in [-0.2, 0) is 6.42 Å². The summed E-state index contributed by atoms with van der Waals surface area (Å²) in [5.41, 5.74) is 1.22. The maximum absolute atomic E-state index is 4.37. The Balaban J connectivity index is 1.70. The molecule has 3 aromatic rings. The Bertz CT molecular complexity index is 715. The van der Waals surface area contributed by atoms with Crippen molar-refractivity contribution in [2.75, 3.05) is 13.1 Å². The lowest BCUT2D eigenvalue weighted by Crippen LogP contribution is -2.22. The van der Waals surface area contributed by atoms with Crippen LogP contribution < -0.4 is 5.32 Å². The van der Waals surface area contributed by atoms with Crippen molar-refractivity contribution in [1.29, 1.82) is 0 Å². The standard InChI is InChI=1S/C16H19N3S2/c1-11(2)9-17-8-7-15-18-19-16(21-15)13-10-20-14-6-4-3-5-12(13)14/h3-6,10-11,17H,7-9H2,1-2H3. The molecular weight excluding hydrogens is 298 g/mol. The van der Waals surface area contributed by atoms with Crippen LogP contribution in [0.1, 0.15) is 18.9 Å². The van der Waals surface area contributed by atoms with Crippen molar-refractivity contribution in [2.45, 2.75) is 20.3 Å². The number of thiophene rings is 1. The lowest BCUT2D eigenvalue weighted by molar-refractivity contribution is 0.553. The van der Waals surface area contributed by atoms with Crippen LogP contribution in [0, 0.1) is 5.92 Å². The van der Waals surface area contributed by atoms with Crippen LogP contribution >= 0.6 is 22.7 Å². The van der Waals surface area contributed by atoms with Gasteiger partial charge in [-0.1, -0.05) is 43.4 Å². The average molecular weight is 317 g/mol. The Morgan fingerprint density at radius 1 is 1.19 bits per heavy atom. The molecule has 0 atom stereocenters. The van der Waals surface area contributed by atoms with E-state index >= 15 is 0 Å². The van der Waals surface area contributed by atoms with Gasteiger partial charge in [0.1, 0.15) is 10.0 Å². The van der Waals surface area contributed by atoms with E-state index in [9.17, 15) is 0 Å². The number of rotatable bonds is 6. The van der Waals surface area contributed by atoms with Crippen molar-refractivity contribution in [2.24, 2.45) is 5.92 Å². The number of fused-ring (bicyclic) bond motifs is 1. The Hall–Kier alpha value is -1.30. The molecule has 0 aliphatic rings. The fraction of sp³-hybridized carbons (Fsp3) is 0.375. The predicted molar refractivity (Wildman–Crippen MR) is 92.1 cm³/mol. The molecule has 0 fully saturated rings. The first kappa shape index (κ1) is 14.6. The van der Waals surface area contributed by atoms with Gasteiger partial charge in [-0.2, -0.15) is 0 Å². The lowest BCUT2D eigenvalue weighted by atomic mass is 10.2. The van der Waals surface area contributed by atoms with E-state index in [1.54, 1.807) is 22.7 Å². The summed E-state index contributed by atoms with van der Waals surface area (Å²) >= 11 is 3.48. The van der Waals surface area contributed by atoms with E-state index in [1.807, 2.05) is 0 Å². The number of aromatic nitrogens is 2. The summed E-state index contributed by atoms with van der Waals surface area (Å²) in [5.74, 6) is 0.687. The Morgan fingerprint density at radius 2 is 2.05 bits per heavy atom. The molecule has 5 heteroatoms. The molecule has 2 aromatic heterocycles. The van der Waals surface area contributed by atoms with E-state index in [4.69, 9.17) is 0 Å². The summed E-state index contributed by atoms with van der Waals surface area (Å²) in [5, 5.41) is 17.8. The van der Waals surface area contributed by atoms with Crippen molar-refractivity contribution in [3.8, 4) is 10.6 Å². The summed E-state index contributed by atoms with van der Waals surface area (Å²) in [6.07, 6.45) is 0.951. The minimum absolute atomic E-state index is 0.687. The van der Waals surface area contributed by atoms with Crippen LogP contribution in [0.25, 0.3) is 20.7 Å². The summed E-state index contributed by atoms with van der Waals surface area (Å²) in [7, 11) is 0. The van der Waals surface area contributed by atoms with Gasteiger partial charge in [0.05, 0.1) is 0 Å². The molecule has 0 saturated heterocycles. The molecule has 0 saturated carbocycles.